The van der Waals surface area contributed by atoms with E-state index in [-0.39, 0.29) is 0 Å². The van der Waals surface area contributed by atoms with Crippen LogP contribution in [-0.2, 0) is 0 Å². The van der Waals surface area contributed by atoms with E-state index in [2.05, 4.69) is 49.0 Å². The van der Waals surface area contributed by atoms with Gasteiger partial charge < -0.3 is 21.3 Å². The van der Waals surface area contributed by atoms with Crippen LogP contribution < -0.4 is 21.3 Å². The summed E-state index contributed by atoms with van der Waals surface area (Å²) in [5, 5.41) is 14.2. The van der Waals surface area contributed by atoms with E-state index in [1.54, 1.807) is 0 Å². The standard InChI is InChI=1S/C12H28N4/c1-9-10(2)14-7-8-16-12(4)11(3)15-6-5-13-9/h9-16H,5-8H2,1-4H3. The molecule has 1 aliphatic rings. The summed E-state index contributed by atoms with van der Waals surface area (Å²) in [6.07, 6.45) is 0. The van der Waals surface area contributed by atoms with Crippen LogP contribution in [0.25, 0.3) is 0 Å². The first-order valence-electron chi connectivity index (χ1n) is 6.54. The molecule has 0 bridgehead atoms. The first-order valence-corrected chi connectivity index (χ1v) is 6.54. The molecule has 1 fully saturated rings. The highest BCUT2D eigenvalue weighted by atomic mass is 15.1. The molecule has 0 amide bonds. The van der Waals surface area contributed by atoms with Crippen molar-refractivity contribution in [2.75, 3.05) is 26.2 Å². The Bertz CT molecular complexity index is 146. The Labute approximate surface area is 99.9 Å². The van der Waals surface area contributed by atoms with Crippen LogP contribution in [-0.4, -0.2) is 50.3 Å². The van der Waals surface area contributed by atoms with Crippen molar-refractivity contribution in [2.24, 2.45) is 0 Å². The molecule has 4 atom stereocenters. The summed E-state index contributed by atoms with van der Waals surface area (Å²) in [5.74, 6) is 0. The zero-order valence-corrected chi connectivity index (χ0v) is 11.1. The monoisotopic (exact) mass is 228 g/mol. The molecule has 1 saturated heterocycles. The average Bonchev–Trinajstić information content (AvgIpc) is 2.27. The van der Waals surface area contributed by atoms with Gasteiger partial charge in [-0.05, 0) is 27.7 Å². The van der Waals surface area contributed by atoms with Crippen LogP contribution in [0.5, 0.6) is 0 Å². The van der Waals surface area contributed by atoms with Gasteiger partial charge in [0.15, 0.2) is 0 Å². The lowest BCUT2D eigenvalue weighted by molar-refractivity contribution is 0.358. The summed E-state index contributed by atoms with van der Waals surface area (Å²) in [5.41, 5.74) is 0. The molecular weight excluding hydrogens is 200 g/mol. The molecule has 96 valence electrons. The number of nitrogens with one attached hydrogen (secondary N) is 4. The topological polar surface area (TPSA) is 48.1 Å². The van der Waals surface area contributed by atoms with Crippen molar-refractivity contribution in [1.29, 1.82) is 0 Å². The van der Waals surface area contributed by atoms with E-state index in [1.807, 2.05) is 0 Å². The minimum Gasteiger partial charge on any atom is -0.311 e. The summed E-state index contributed by atoms with van der Waals surface area (Å²) in [6, 6.07) is 2.09. The van der Waals surface area contributed by atoms with Crippen LogP contribution in [0.2, 0.25) is 0 Å². The fourth-order valence-corrected chi connectivity index (χ4v) is 1.91. The average molecular weight is 228 g/mol. The molecule has 0 radical (unpaired) electrons. The quantitative estimate of drug-likeness (QED) is 0.468. The van der Waals surface area contributed by atoms with Gasteiger partial charge in [0.1, 0.15) is 0 Å². The fourth-order valence-electron chi connectivity index (χ4n) is 1.91. The third-order valence-electron chi connectivity index (χ3n) is 3.62. The molecule has 1 heterocycles. The molecule has 0 aromatic carbocycles. The van der Waals surface area contributed by atoms with E-state index in [0.717, 1.165) is 26.2 Å². The van der Waals surface area contributed by atoms with Crippen molar-refractivity contribution in [2.45, 2.75) is 51.9 Å². The van der Waals surface area contributed by atoms with Crippen molar-refractivity contribution in [1.82, 2.24) is 21.3 Å². The molecule has 4 N–H and O–H groups in total. The number of hydrogen-bond acceptors (Lipinski definition) is 4. The normalized spacial score (nSPS) is 39.8. The van der Waals surface area contributed by atoms with Gasteiger partial charge in [0, 0.05) is 50.3 Å². The molecule has 1 rings (SSSR count). The molecule has 1 aliphatic heterocycles. The van der Waals surface area contributed by atoms with Gasteiger partial charge in [-0.15, -0.1) is 0 Å². The van der Waals surface area contributed by atoms with E-state index in [1.165, 1.54) is 0 Å². The Balaban J connectivity index is 2.39. The second kappa shape index (κ2) is 7.22. The molecule has 4 nitrogen and oxygen atoms in total. The minimum absolute atomic E-state index is 0.522. The van der Waals surface area contributed by atoms with Gasteiger partial charge in [0.25, 0.3) is 0 Å². The van der Waals surface area contributed by atoms with Crippen molar-refractivity contribution in [3.05, 3.63) is 0 Å². The summed E-state index contributed by atoms with van der Waals surface area (Å²) in [7, 11) is 0. The largest absolute Gasteiger partial charge is 0.311 e. The molecule has 0 spiro atoms. The van der Waals surface area contributed by atoms with E-state index < -0.39 is 0 Å². The molecule has 0 aromatic rings. The van der Waals surface area contributed by atoms with Gasteiger partial charge in [-0.2, -0.15) is 0 Å². The van der Waals surface area contributed by atoms with Crippen molar-refractivity contribution >= 4 is 0 Å². The fraction of sp³-hybridized carbons (Fsp3) is 1.00. The van der Waals surface area contributed by atoms with Crippen molar-refractivity contribution < 1.29 is 0 Å². The SMILES string of the molecule is CC1NCCNC(C)C(C)NCCNC1C. The molecule has 0 saturated carbocycles. The number of rotatable bonds is 0. The zero-order chi connectivity index (χ0) is 12.0. The van der Waals surface area contributed by atoms with Crippen molar-refractivity contribution in [3.8, 4) is 0 Å². The van der Waals surface area contributed by atoms with Gasteiger partial charge in [0.2, 0.25) is 0 Å². The molecule has 0 aliphatic carbocycles. The maximum absolute atomic E-state index is 3.54. The first-order chi connectivity index (χ1) is 7.61. The first kappa shape index (κ1) is 13.9. The van der Waals surface area contributed by atoms with Gasteiger partial charge in [0.05, 0.1) is 0 Å². The molecule has 4 heteroatoms. The highest BCUT2D eigenvalue weighted by molar-refractivity contribution is 4.79. The lowest BCUT2D eigenvalue weighted by Gasteiger charge is -2.27. The Morgan fingerprint density at radius 3 is 0.875 bits per heavy atom. The van der Waals surface area contributed by atoms with Gasteiger partial charge in [-0.25, -0.2) is 0 Å². The molecular formula is C12H28N4. The lowest BCUT2D eigenvalue weighted by Crippen LogP contribution is -2.52. The van der Waals surface area contributed by atoms with E-state index in [4.69, 9.17) is 0 Å². The summed E-state index contributed by atoms with van der Waals surface area (Å²) in [6.45, 7) is 13.1. The van der Waals surface area contributed by atoms with E-state index >= 15 is 0 Å². The maximum Gasteiger partial charge on any atom is 0.0190 e. The van der Waals surface area contributed by atoms with E-state index in [9.17, 15) is 0 Å². The smallest absolute Gasteiger partial charge is 0.0190 e. The zero-order valence-electron chi connectivity index (χ0n) is 11.1. The Hall–Kier alpha value is -0.160. The predicted octanol–water partition coefficient (Wildman–Crippen LogP) is -0.0876. The third-order valence-corrected chi connectivity index (χ3v) is 3.62. The van der Waals surface area contributed by atoms with Crippen LogP contribution in [0.15, 0.2) is 0 Å². The maximum atomic E-state index is 3.54. The van der Waals surface area contributed by atoms with Crippen LogP contribution in [0, 0.1) is 0 Å². The summed E-state index contributed by atoms with van der Waals surface area (Å²) >= 11 is 0. The molecule has 0 aromatic heterocycles. The van der Waals surface area contributed by atoms with Crippen LogP contribution in [0.1, 0.15) is 27.7 Å². The van der Waals surface area contributed by atoms with Gasteiger partial charge in [-0.1, -0.05) is 0 Å². The highest BCUT2D eigenvalue weighted by Crippen LogP contribution is 1.94. The predicted molar refractivity (Wildman–Crippen MR) is 69.9 cm³/mol. The summed E-state index contributed by atoms with van der Waals surface area (Å²) in [4.78, 5) is 0. The molecule has 16 heavy (non-hydrogen) atoms. The van der Waals surface area contributed by atoms with E-state index in [0.29, 0.717) is 24.2 Å². The highest BCUT2D eigenvalue weighted by Gasteiger charge is 2.14. The Morgan fingerprint density at radius 1 is 0.500 bits per heavy atom. The van der Waals surface area contributed by atoms with Crippen LogP contribution in [0.3, 0.4) is 0 Å². The Morgan fingerprint density at radius 2 is 0.688 bits per heavy atom. The second-order valence-corrected chi connectivity index (χ2v) is 4.97. The lowest BCUT2D eigenvalue weighted by atomic mass is 10.1. The second-order valence-electron chi connectivity index (χ2n) is 4.97. The van der Waals surface area contributed by atoms with Crippen LogP contribution in [0.4, 0.5) is 0 Å². The third kappa shape index (κ3) is 4.78. The van der Waals surface area contributed by atoms with Gasteiger partial charge >= 0.3 is 0 Å². The molecule has 4 unspecified atom stereocenters. The minimum atomic E-state index is 0.522. The van der Waals surface area contributed by atoms with Crippen molar-refractivity contribution in [3.63, 3.8) is 0 Å². The Kier molecular flexibility index (Phi) is 6.28. The number of hydrogen-bond donors (Lipinski definition) is 4. The van der Waals surface area contributed by atoms with Crippen LogP contribution >= 0.6 is 0 Å². The van der Waals surface area contributed by atoms with Gasteiger partial charge in [-0.3, -0.25) is 0 Å². The summed E-state index contributed by atoms with van der Waals surface area (Å²) < 4.78 is 0.